The Balaban J connectivity index is 1.47. The second-order valence-electron chi connectivity index (χ2n) is 5.84. The van der Waals surface area contributed by atoms with Crippen molar-refractivity contribution in [2.45, 2.75) is 6.54 Å². The molecule has 2 aromatic carbocycles. The molecule has 5 rings (SSSR count). The highest BCUT2D eigenvalue weighted by Gasteiger charge is 2.14. The van der Waals surface area contributed by atoms with Gasteiger partial charge in [-0.1, -0.05) is 30.3 Å². The van der Waals surface area contributed by atoms with E-state index < -0.39 is 0 Å². The molecule has 0 saturated heterocycles. The maximum Gasteiger partial charge on any atom is 0.202 e. The number of aromatic nitrogens is 8. The number of benzene rings is 2. The zero-order valence-corrected chi connectivity index (χ0v) is 13.7. The van der Waals surface area contributed by atoms with Crippen molar-refractivity contribution < 1.29 is 0 Å². The molecule has 26 heavy (non-hydrogen) atoms. The SMILES string of the molecule is c1ccc(-n2ccc(-c3nnnn3Cc3nc4ccccc4[nH]3)n2)cc1. The standard InChI is InChI=1S/C18H14N8/c1-2-6-13(7-3-1)25-11-10-16(22-25)18-21-23-24-26(18)12-17-19-14-8-4-5-9-15(14)20-17/h1-11H,12H2,(H,19,20). The Bertz CT molecular complexity index is 1140. The third-order valence-electron chi connectivity index (χ3n) is 4.11. The van der Waals surface area contributed by atoms with Crippen LogP contribution in [0.5, 0.6) is 0 Å². The molecule has 0 radical (unpaired) electrons. The smallest absolute Gasteiger partial charge is 0.202 e. The molecule has 8 heteroatoms. The minimum Gasteiger partial charge on any atom is -0.340 e. The summed E-state index contributed by atoms with van der Waals surface area (Å²) in [5.41, 5.74) is 3.60. The predicted octanol–water partition coefficient (Wildman–Crippen LogP) is 2.45. The van der Waals surface area contributed by atoms with Crippen LogP contribution < -0.4 is 0 Å². The molecule has 0 amide bonds. The van der Waals surface area contributed by atoms with E-state index in [0.29, 0.717) is 18.1 Å². The molecule has 8 nitrogen and oxygen atoms in total. The monoisotopic (exact) mass is 342 g/mol. The van der Waals surface area contributed by atoms with Crippen LogP contribution in [0.1, 0.15) is 5.82 Å². The van der Waals surface area contributed by atoms with E-state index in [0.717, 1.165) is 22.5 Å². The van der Waals surface area contributed by atoms with Gasteiger partial charge in [0.05, 0.1) is 16.7 Å². The van der Waals surface area contributed by atoms with Gasteiger partial charge in [-0.15, -0.1) is 5.10 Å². The Morgan fingerprint density at radius 3 is 2.65 bits per heavy atom. The van der Waals surface area contributed by atoms with Gasteiger partial charge in [-0.25, -0.2) is 14.3 Å². The zero-order valence-electron chi connectivity index (χ0n) is 13.7. The van der Waals surface area contributed by atoms with Crippen LogP contribution in [0.2, 0.25) is 0 Å². The third-order valence-corrected chi connectivity index (χ3v) is 4.11. The molecule has 0 spiro atoms. The number of nitrogens with zero attached hydrogens (tertiary/aromatic N) is 7. The van der Waals surface area contributed by atoms with E-state index in [1.807, 2.05) is 66.9 Å². The highest BCUT2D eigenvalue weighted by molar-refractivity contribution is 5.74. The third kappa shape index (κ3) is 2.53. The lowest BCUT2D eigenvalue weighted by Gasteiger charge is -2.01. The van der Waals surface area contributed by atoms with E-state index in [-0.39, 0.29) is 0 Å². The van der Waals surface area contributed by atoms with Gasteiger partial charge >= 0.3 is 0 Å². The molecule has 0 bridgehead atoms. The zero-order chi connectivity index (χ0) is 17.3. The van der Waals surface area contributed by atoms with Crippen molar-refractivity contribution in [3.63, 3.8) is 0 Å². The first-order valence-electron chi connectivity index (χ1n) is 8.18. The van der Waals surface area contributed by atoms with Crippen LogP contribution in [-0.4, -0.2) is 40.0 Å². The highest BCUT2D eigenvalue weighted by atomic mass is 15.5. The molecule has 0 aliphatic heterocycles. The van der Waals surface area contributed by atoms with Crippen LogP contribution in [0.3, 0.4) is 0 Å². The molecule has 126 valence electrons. The Labute approximate surface area is 148 Å². The van der Waals surface area contributed by atoms with E-state index in [2.05, 4.69) is 30.6 Å². The minimum atomic E-state index is 0.440. The lowest BCUT2D eigenvalue weighted by atomic mass is 10.3. The molecule has 1 N–H and O–H groups in total. The Hall–Kier alpha value is -3.81. The summed E-state index contributed by atoms with van der Waals surface area (Å²) >= 11 is 0. The summed E-state index contributed by atoms with van der Waals surface area (Å²) in [7, 11) is 0. The summed E-state index contributed by atoms with van der Waals surface area (Å²) in [5, 5.41) is 16.6. The molecule has 0 saturated carbocycles. The molecule has 0 aliphatic carbocycles. The van der Waals surface area contributed by atoms with Crippen molar-refractivity contribution in [3.05, 3.63) is 72.7 Å². The van der Waals surface area contributed by atoms with Crippen molar-refractivity contribution in [2.24, 2.45) is 0 Å². The average molecular weight is 342 g/mol. The number of para-hydroxylation sites is 3. The number of fused-ring (bicyclic) bond motifs is 1. The normalized spacial score (nSPS) is 11.2. The molecule has 0 fully saturated rings. The molecule has 0 unspecified atom stereocenters. The second kappa shape index (κ2) is 5.92. The van der Waals surface area contributed by atoms with E-state index >= 15 is 0 Å². The minimum absolute atomic E-state index is 0.440. The summed E-state index contributed by atoms with van der Waals surface area (Å²) < 4.78 is 3.49. The number of aromatic amines is 1. The highest BCUT2D eigenvalue weighted by Crippen LogP contribution is 2.17. The number of hydrogen-bond acceptors (Lipinski definition) is 5. The van der Waals surface area contributed by atoms with E-state index in [1.165, 1.54) is 0 Å². The van der Waals surface area contributed by atoms with Crippen LogP contribution >= 0.6 is 0 Å². The Morgan fingerprint density at radius 2 is 1.77 bits per heavy atom. The van der Waals surface area contributed by atoms with Gasteiger partial charge in [0.2, 0.25) is 5.82 Å². The first kappa shape index (κ1) is 14.5. The van der Waals surface area contributed by atoms with Gasteiger partial charge in [-0.05, 0) is 40.8 Å². The van der Waals surface area contributed by atoms with Crippen LogP contribution in [0.15, 0.2) is 66.9 Å². The number of imidazole rings is 1. The van der Waals surface area contributed by atoms with E-state index in [4.69, 9.17) is 0 Å². The second-order valence-corrected chi connectivity index (χ2v) is 5.84. The fourth-order valence-electron chi connectivity index (χ4n) is 2.88. The maximum absolute atomic E-state index is 4.59. The largest absolute Gasteiger partial charge is 0.340 e. The average Bonchev–Trinajstić information content (AvgIpc) is 3.41. The predicted molar refractivity (Wildman–Crippen MR) is 95.6 cm³/mol. The van der Waals surface area contributed by atoms with Crippen molar-refractivity contribution in [1.82, 2.24) is 40.0 Å². The van der Waals surface area contributed by atoms with Crippen LogP contribution in [-0.2, 0) is 6.54 Å². The quantitative estimate of drug-likeness (QED) is 0.542. The number of hydrogen-bond donors (Lipinski definition) is 1. The fourth-order valence-corrected chi connectivity index (χ4v) is 2.88. The molecule has 5 aromatic rings. The van der Waals surface area contributed by atoms with E-state index in [1.54, 1.807) is 9.36 Å². The van der Waals surface area contributed by atoms with Crippen molar-refractivity contribution in [3.8, 4) is 17.2 Å². The van der Waals surface area contributed by atoms with Gasteiger partial charge in [-0.2, -0.15) is 5.10 Å². The van der Waals surface area contributed by atoms with Crippen molar-refractivity contribution in [1.29, 1.82) is 0 Å². The van der Waals surface area contributed by atoms with Gasteiger partial charge in [0.25, 0.3) is 0 Å². The van der Waals surface area contributed by atoms with Crippen LogP contribution in [0.25, 0.3) is 28.2 Å². The summed E-state index contributed by atoms with van der Waals surface area (Å²) in [6.45, 7) is 0.440. The number of nitrogens with one attached hydrogen (secondary N) is 1. The fraction of sp³-hybridized carbons (Fsp3) is 0.0556. The molecular weight excluding hydrogens is 328 g/mol. The van der Waals surface area contributed by atoms with Gasteiger partial charge in [0.1, 0.15) is 18.1 Å². The Morgan fingerprint density at radius 1 is 0.923 bits per heavy atom. The molecular formula is C18H14N8. The van der Waals surface area contributed by atoms with Gasteiger partial charge in [0, 0.05) is 6.20 Å². The van der Waals surface area contributed by atoms with Gasteiger partial charge in [0.15, 0.2) is 0 Å². The number of H-pyrrole nitrogens is 1. The van der Waals surface area contributed by atoms with Crippen molar-refractivity contribution >= 4 is 11.0 Å². The molecule has 0 aliphatic rings. The lowest BCUT2D eigenvalue weighted by Crippen LogP contribution is -2.06. The maximum atomic E-state index is 4.59. The van der Waals surface area contributed by atoms with E-state index in [9.17, 15) is 0 Å². The number of rotatable bonds is 4. The van der Waals surface area contributed by atoms with Crippen molar-refractivity contribution in [2.75, 3.05) is 0 Å². The van der Waals surface area contributed by atoms with Crippen LogP contribution in [0, 0.1) is 0 Å². The summed E-state index contributed by atoms with van der Waals surface area (Å²) in [4.78, 5) is 7.87. The molecule has 3 aromatic heterocycles. The lowest BCUT2D eigenvalue weighted by molar-refractivity contribution is 0.633. The topological polar surface area (TPSA) is 90.1 Å². The van der Waals surface area contributed by atoms with Gasteiger partial charge in [-0.3, -0.25) is 0 Å². The van der Waals surface area contributed by atoms with Gasteiger partial charge < -0.3 is 4.98 Å². The molecule has 0 atom stereocenters. The summed E-state index contributed by atoms with van der Waals surface area (Å²) in [6.07, 6.45) is 1.89. The first-order valence-corrected chi connectivity index (χ1v) is 8.18. The molecule has 3 heterocycles. The summed E-state index contributed by atoms with van der Waals surface area (Å²) in [6, 6.07) is 19.7. The first-order chi connectivity index (χ1) is 12.9. The Kier molecular flexibility index (Phi) is 3.31. The summed E-state index contributed by atoms with van der Waals surface area (Å²) in [5.74, 6) is 1.39. The number of tetrazole rings is 1. The van der Waals surface area contributed by atoms with Crippen LogP contribution in [0.4, 0.5) is 0 Å².